The molecule has 3 heterocycles. The number of fused-ring (bicyclic) bond motifs is 11. The van der Waals surface area contributed by atoms with Crippen molar-refractivity contribution in [3.8, 4) is 33.6 Å². The number of nitrogens with zero attached hydrogens (tertiary/aromatic N) is 3. The predicted octanol–water partition coefficient (Wildman–Crippen LogP) is 16.5. The first-order valence-electron chi connectivity index (χ1n) is 21.7. The number of rotatable bonds is 6. The fourth-order valence-corrected chi connectivity index (χ4v) is 11.6. The van der Waals surface area contributed by atoms with Crippen LogP contribution in [-0.2, 0) is 5.41 Å². The highest BCUT2D eigenvalue weighted by atomic mass is 32.1. The van der Waals surface area contributed by atoms with E-state index in [0.29, 0.717) is 0 Å². The van der Waals surface area contributed by atoms with Crippen molar-refractivity contribution in [2.45, 2.75) is 19.3 Å². The Kier molecular flexibility index (Phi) is 7.82. The van der Waals surface area contributed by atoms with Crippen molar-refractivity contribution in [2.24, 2.45) is 0 Å². The van der Waals surface area contributed by atoms with Gasteiger partial charge in [0.25, 0.3) is 0 Å². The topological polar surface area (TPSA) is 13.1 Å². The first-order chi connectivity index (χ1) is 31.0. The molecule has 0 saturated carbocycles. The summed E-state index contributed by atoms with van der Waals surface area (Å²) < 4.78 is 7.44. The lowest BCUT2D eigenvalue weighted by Gasteiger charge is -2.28. The van der Waals surface area contributed by atoms with Gasteiger partial charge in [0, 0.05) is 76.4 Å². The Balaban J connectivity index is 1.01. The summed E-state index contributed by atoms with van der Waals surface area (Å²) in [5, 5.41) is 6.33. The maximum atomic E-state index is 2.52. The molecule has 13 rings (SSSR count). The summed E-state index contributed by atoms with van der Waals surface area (Å²) in [7, 11) is 0. The lowest BCUT2D eigenvalue weighted by molar-refractivity contribution is 0.660. The molecule has 4 heteroatoms. The van der Waals surface area contributed by atoms with Crippen molar-refractivity contribution >= 4 is 81.3 Å². The second-order valence-corrected chi connectivity index (χ2v) is 18.5. The molecular formula is C59H41N3S. The van der Waals surface area contributed by atoms with Gasteiger partial charge in [0.2, 0.25) is 0 Å². The van der Waals surface area contributed by atoms with Gasteiger partial charge in [-0.25, -0.2) is 0 Å². The Morgan fingerprint density at radius 2 is 1.11 bits per heavy atom. The minimum atomic E-state index is -0.115. The molecule has 12 aromatic rings. The van der Waals surface area contributed by atoms with E-state index >= 15 is 0 Å². The maximum absolute atomic E-state index is 2.52. The van der Waals surface area contributed by atoms with E-state index in [9.17, 15) is 0 Å². The first-order valence-corrected chi connectivity index (χ1v) is 22.6. The smallest absolute Gasteiger partial charge is 0.0634 e. The fraction of sp³-hybridized carbons (Fsp3) is 0.0508. The van der Waals surface area contributed by atoms with Gasteiger partial charge in [0.05, 0.1) is 16.6 Å². The number of hydrogen-bond donors (Lipinski definition) is 0. The van der Waals surface area contributed by atoms with E-state index in [-0.39, 0.29) is 5.41 Å². The lowest BCUT2D eigenvalue weighted by Crippen LogP contribution is -2.16. The van der Waals surface area contributed by atoms with Crippen molar-refractivity contribution in [1.82, 2.24) is 9.13 Å². The van der Waals surface area contributed by atoms with Gasteiger partial charge in [0.1, 0.15) is 0 Å². The molecule has 0 spiro atoms. The highest BCUT2D eigenvalue weighted by Gasteiger charge is 2.35. The lowest BCUT2D eigenvalue weighted by atomic mass is 9.82. The number of para-hydroxylation sites is 1. The minimum Gasteiger partial charge on any atom is -0.317 e. The first kappa shape index (κ1) is 36.0. The normalized spacial score (nSPS) is 13.0. The number of aromatic nitrogens is 2. The van der Waals surface area contributed by atoms with Gasteiger partial charge in [-0.1, -0.05) is 129 Å². The zero-order chi connectivity index (χ0) is 41.8. The Morgan fingerprint density at radius 3 is 1.92 bits per heavy atom. The van der Waals surface area contributed by atoms with E-state index in [2.05, 4.69) is 240 Å². The molecule has 1 aliphatic rings. The monoisotopic (exact) mass is 823 g/mol. The van der Waals surface area contributed by atoms with Crippen LogP contribution in [0.25, 0.3) is 86.5 Å². The Hall–Kier alpha value is -7.66. The van der Waals surface area contributed by atoms with E-state index in [1.807, 2.05) is 11.3 Å². The van der Waals surface area contributed by atoms with E-state index in [1.54, 1.807) is 0 Å². The molecule has 0 aliphatic heterocycles. The molecule has 63 heavy (non-hydrogen) atoms. The third-order valence-corrected chi connectivity index (χ3v) is 14.7. The minimum absolute atomic E-state index is 0.115. The van der Waals surface area contributed by atoms with Crippen LogP contribution in [0.2, 0.25) is 0 Å². The van der Waals surface area contributed by atoms with Gasteiger partial charge < -0.3 is 14.0 Å². The predicted molar refractivity (Wildman–Crippen MR) is 268 cm³/mol. The van der Waals surface area contributed by atoms with Crippen molar-refractivity contribution in [3.05, 3.63) is 224 Å². The average Bonchev–Trinajstić information content (AvgIpc) is 4.08. The molecule has 9 aromatic carbocycles. The molecule has 0 atom stereocenters. The molecule has 0 N–H and O–H groups in total. The molecule has 298 valence electrons. The van der Waals surface area contributed by atoms with Crippen LogP contribution < -0.4 is 4.90 Å². The summed E-state index contributed by atoms with van der Waals surface area (Å²) in [6.07, 6.45) is 2.20. The van der Waals surface area contributed by atoms with E-state index in [1.165, 1.54) is 86.3 Å². The van der Waals surface area contributed by atoms with Crippen molar-refractivity contribution in [3.63, 3.8) is 0 Å². The molecule has 0 fully saturated rings. The zero-order valence-electron chi connectivity index (χ0n) is 35.0. The number of thiophene rings is 1. The van der Waals surface area contributed by atoms with E-state index in [0.717, 1.165) is 28.4 Å². The molecule has 0 unspecified atom stereocenters. The van der Waals surface area contributed by atoms with Gasteiger partial charge in [-0.2, -0.15) is 0 Å². The molecule has 0 bridgehead atoms. The Labute approximate surface area is 370 Å². The number of benzene rings is 9. The second-order valence-electron chi connectivity index (χ2n) is 17.4. The molecule has 0 amide bonds. The molecule has 1 aliphatic carbocycles. The van der Waals surface area contributed by atoms with Gasteiger partial charge >= 0.3 is 0 Å². The summed E-state index contributed by atoms with van der Waals surface area (Å²) in [6, 6.07) is 76.1. The van der Waals surface area contributed by atoms with Crippen LogP contribution in [0.15, 0.2) is 212 Å². The second kappa shape index (κ2) is 13.7. The summed E-state index contributed by atoms with van der Waals surface area (Å²) >= 11 is 1.88. The number of hydrogen-bond acceptors (Lipinski definition) is 2. The molecule has 3 nitrogen and oxygen atoms in total. The van der Waals surface area contributed by atoms with Gasteiger partial charge in [-0.15, -0.1) is 11.3 Å². The molecular weight excluding hydrogens is 783 g/mol. The third kappa shape index (κ3) is 5.45. The van der Waals surface area contributed by atoms with Crippen LogP contribution in [0.1, 0.15) is 25.0 Å². The van der Waals surface area contributed by atoms with Crippen molar-refractivity contribution < 1.29 is 0 Å². The summed E-state index contributed by atoms with van der Waals surface area (Å²) in [4.78, 5) is 2.42. The molecule has 0 saturated heterocycles. The van der Waals surface area contributed by atoms with Crippen LogP contribution >= 0.6 is 11.3 Å². The SMILES string of the molecule is CC1(C)c2ccccc2-c2ccc(N(c3ccc(-c4ccccc4)cc3)c3ccc(-n4c5cc6ccn(-c7ccccc7)c6cc5c5ccc6sc7ccccc7c6c54)cc3)cc21. The number of anilines is 3. The van der Waals surface area contributed by atoms with Crippen LogP contribution in [0.5, 0.6) is 0 Å². The van der Waals surface area contributed by atoms with Crippen LogP contribution in [-0.4, -0.2) is 9.13 Å². The molecule has 3 aromatic heterocycles. The summed E-state index contributed by atoms with van der Waals surface area (Å²) in [6.45, 7) is 4.72. The fourth-order valence-electron chi connectivity index (χ4n) is 10.5. The highest BCUT2D eigenvalue weighted by molar-refractivity contribution is 7.26. The maximum Gasteiger partial charge on any atom is 0.0634 e. The van der Waals surface area contributed by atoms with Crippen LogP contribution in [0.3, 0.4) is 0 Å². The average molecular weight is 824 g/mol. The van der Waals surface area contributed by atoms with Crippen LogP contribution in [0.4, 0.5) is 17.1 Å². The largest absolute Gasteiger partial charge is 0.317 e. The quantitative estimate of drug-likeness (QED) is 0.163. The highest BCUT2D eigenvalue weighted by Crippen LogP contribution is 2.51. The standard InChI is InChI=1S/C59H41N3S/c1-59(2)51-19-11-9-17-46(51)47-30-29-45(36-52(47)59)61(42-23-21-39(22-24-42)38-13-5-3-6-14-38)43-25-27-44(28-26-43)62-54-35-40-33-34-60(41-15-7-4-8-16-41)53(40)37-50(54)48-31-32-56-57(58(48)62)49-18-10-12-20-55(49)63-56/h3-37H,1-2H3. The summed E-state index contributed by atoms with van der Waals surface area (Å²) in [5.41, 5.74) is 17.0. The van der Waals surface area contributed by atoms with Crippen molar-refractivity contribution in [1.29, 1.82) is 0 Å². The zero-order valence-corrected chi connectivity index (χ0v) is 35.8. The third-order valence-electron chi connectivity index (χ3n) is 13.5. The van der Waals surface area contributed by atoms with E-state index in [4.69, 9.17) is 0 Å². The Morgan fingerprint density at radius 1 is 0.444 bits per heavy atom. The van der Waals surface area contributed by atoms with Crippen molar-refractivity contribution in [2.75, 3.05) is 4.90 Å². The van der Waals surface area contributed by atoms with Gasteiger partial charge in [-0.05, 0) is 124 Å². The van der Waals surface area contributed by atoms with Crippen LogP contribution in [0, 0.1) is 0 Å². The summed E-state index contributed by atoms with van der Waals surface area (Å²) in [5.74, 6) is 0. The van der Waals surface area contributed by atoms with E-state index < -0.39 is 0 Å². The van der Waals surface area contributed by atoms with Gasteiger partial charge in [0.15, 0.2) is 0 Å². The molecule has 0 radical (unpaired) electrons. The Bertz CT molecular complexity index is 3740. The van der Waals surface area contributed by atoms with Gasteiger partial charge in [-0.3, -0.25) is 0 Å².